The zero-order valence-corrected chi connectivity index (χ0v) is 12.1. The number of nitrogens with one attached hydrogen (secondary N) is 2. The molecule has 0 atom stereocenters. The van der Waals surface area contributed by atoms with Crippen LogP contribution in [0.3, 0.4) is 0 Å². The SMILES string of the molecule is CCNC(=S)Nc1cc(/C=C/C(=O)O)ccc1Br. The van der Waals surface area contributed by atoms with Crippen molar-refractivity contribution in [3.63, 3.8) is 0 Å². The summed E-state index contributed by atoms with van der Waals surface area (Å²) in [5.41, 5.74) is 1.57. The average Bonchev–Trinajstić information content (AvgIpc) is 2.30. The zero-order valence-electron chi connectivity index (χ0n) is 9.74. The fourth-order valence-electron chi connectivity index (χ4n) is 1.24. The van der Waals surface area contributed by atoms with Crippen LogP contribution in [-0.2, 0) is 4.79 Å². The summed E-state index contributed by atoms with van der Waals surface area (Å²) >= 11 is 8.49. The predicted octanol–water partition coefficient (Wildman–Crippen LogP) is 2.85. The molecule has 0 amide bonds. The molecule has 0 saturated carbocycles. The summed E-state index contributed by atoms with van der Waals surface area (Å²) in [5, 5.41) is 15.1. The van der Waals surface area contributed by atoms with E-state index < -0.39 is 5.97 Å². The van der Waals surface area contributed by atoms with Gasteiger partial charge in [0.05, 0.1) is 5.69 Å². The van der Waals surface area contributed by atoms with Crippen LogP contribution < -0.4 is 10.6 Å². The molecule has 4 nitrogen and oxygen atoms in total. The zero-order chi connectivity index (χ0) is 13.5. The van der Waals surface area contributed by atoms with Crippen LogP contribution in [0.25, 0.3) is 6.08 Å². The van der Waals surface area contributed by atoms with Crippen molar-refractivity contribution in [2.75, 3.05) is 11.9 Å². The van der Waals surface area contributed by atoms with E-state index in [1.54, 1.807) is 0 Å². The van der Waals surface area contributed by atoms with E-state index in [0.29, 0.717) is 5.11 Å². The van der Waals surface area contributed by atoms with Gasteiger partial charge in [0.1, 0.15) is 0 Å². The molecular formula is C12H13BrN2O2S. The van der Waals surface area contributed by atoms with Crippen molar-refractivity contribution in [2.24, 2.45) is 0 Å². The minimum absolute atomic E-state index is 0.526. The van der Waals surface area contributed by atoms with E-state index in [9.17, 15) is 4.79 Å². The molecule has 0 unspecified atom stereocenters. The normalized spacial score (nSPS) is 10.3. The fourth-order valence-corrected chi connectivity index (χ4v) is 1.84. The van der Waals surface area contributed by atoms with Gasteiger partial charge in [0, 0.05) is 17.1 Å². The van der Waals surface area contributed by atoms with Crippen molar-refractivity contribution in [3.8, 4) is 0 Å². The van der Waals surface area contributed by atoms with Gasteiger partial charge in [-0.1, -0.05) is 6.07 Å². The molecule has 0 aliphatic carbocycles. The lowest BCUT2D eigenvalue weighted by molar-refractivity contribution is -0.131. The minimum atomic E-state index is -0.976. The van der Waals surface area contributed by atoms with E-state index in [1.807, 2.05) is 25.1 Å². The van der Waals surface area contributed by atoms with E-state index in [1.165, 1.54) is 6.08 Å². The Morgan fingerprint density at radius 3 is 2.89 bits per heavy atom. The van der Waals surface area contributed by atoms with E-state index in [-0.39, 0.29) is 0 Å². The number of halogens is 1. The van der Waals surface area contributed by atoms with E-state index >= 15 is 0 Å². The Balaban J connectivity index is 2.87. The van der Waals surface area contributed by atoms with Gasteiger partial charge in [-0.25, -0.2) is 4.79 Å². The highest BCUT2D eigenvalue weighted by molar-refractivity contribution is 9.10. The molecule has 0 fully saturated rings. The number of carboxylic acids is 1. The molecule has 0 bridgehead atoms. The fraction of sp³-hybridized carbons (Fsp3) is 0.167. The van der Waals surface area contributed by atoms with Crippen molar-refractivity contribution in [1.82, 2.24) is 5.32 Å². The second-order valence-corrected chi connectivity index (χ2v) is 4.66. The van der Waals surface area contributed by atoms with Crippen LogP contribution in [0.5, 0.6) is 0 Å². The number of rotatable bonds is 4. The van der Waals surface area contributed by atoms with E-state index in [4.69, 9.17) is 17.3 Å². The molecule has 1 rings (SSSR count). The number of benzene rings is 1. The number of thiocarbonyl (C=S) groups is 1. The molecule has 0 aliphatic heterocycles. The first kappa shape index (κ1) is 14.7. The monoisotopic (exact) mass is 328 g/mol. The lowest BCUT2D eigenvalue weighted by Gasteiger charge is -2.11. The van der Waals surface area contributed by atoms with Gasteiger partial charge >= 0.3 is 5.97 Å². The van der Waals surface area contributed by atoms with Crippen LogP contribution in [0.4, 0.5) is 5.69 Å². The second kappa shape index (κ2) is 7.13. The second-order valence-electron chi connectivity index (χ2n) is 3.40. The Labute approximate surface area is 119 Å². The Kier molecular flexibility index (Phi) is 5.80. The van der Waals surface area contributed by atoms with E-state index in [2.05, 4.69) is 26.6 Å². The van der Waals surface area contributed by atoms with Gasteiger partial charge < -0.3 is 15.7 Å². The highest BCUT2D eigenvalue weighted by Crippen LogP contribution is 2.24. The number of hydrogen-bond donors (Lipinski definition) is 3. The Morgan fingerprint density at radius 1 is 1.56 bits per heavy atom. The molecule has 0 spiro atoms. The van der Waals surface area contributed by atoms with Gasteiger partial charge in [-0.15, -0.1) is 0 Å². The standard InChI is InChI=1S/C12H13BrN2O2S/c1-2-14-12(18)15-10-7-8(3-5-9(10)13)4-6-11(16)17/h3-7H,2H2,1H3,(H,16,17)(H2,14,15,18)/b6-4+. The summed E-state index contributed by atoms with van der Waals surface area (Å²) in [7, 11) is 0. The number of hydrogen-bond acceptors (Lipinski definition) is 2. The van der Waals surface area contributed by atoms with Crippen molar-refractivity contribution >= 4 is 51.0 Å². The smallest absolute Gasteiger partial charge is 0.328 e. The molecule has 0 heterocycles. The van der Waals surface area contributed by atoms with Crippen LogP contribution in [0, 0.1) is 0 Å². The van der Waals surface area contributed by atoms with Gasteiger partial charge in [-0.3, -0.25) is 0 Å². The molecule has 0 aromatic heterocycles. The number of anilines is 1. The third kappa shape index (κ3) is 4.85. The maximum Gasteiger partial charge on any atom is 0.328 e. The number of aliphatic carboxylic acids is 1. The number of carbonyl (C=O) groups is 1. The summed E-state index contributed by atoms with van der Waals surface area (Å²) in [4.78, 5) is 10.4. The van der Waals surface area contributed by atoms with Crippen LogP contribution in [0.1, 0.15) is 12.5 Å². The lowest BCUT2D eigenvalue weighted by Crippen LogP contribution is -2.28. The summed E-state index contributed by atoms with van der Waals surface area (Å²) < 4.78 is 0.857. The predicted molar refractivity (Wildman–Crippen MR) is 80.7 cm³/mol. The molecule has 1 aromatic rings. The summed E-state index contributed by atoms with van der Waals surface area (Å²) in [6, 6.07) is 5.45. The highest BCUT2D eigenvalue weighted by atomic mass is 79.9. The van der Waals surface area contributed by atoms with Gasteiger partial charge in [-0.2, -0.15) is 0 Å². The van der Waals surface area contributed by atoms with Crippen LogP contribution in [-0.4, -0.2) is 22.7 Å². The van der Waals surface area contributed by atoms with Gasteiger partial charge in [0.25, 0.3) is 0 Å². The van der Waals surface area contributed by atoms with Gasteiger partial charge in [0.2, 0.25) is 0 Å². The molecule has 0 aliphatic rings. The largest absolute Gasteiger partial charge is 0.478 e. The molecule has 1 aromatic carbocycles. The molecule has 3 N–H and O–H groups in total. The quantitative estimate of drug-likeness (QED) is 0.586. The maximum atomic E-state index is 10.4. The Hall–Kier alpha value is -1.40. The first-order valence-corrected chi connectivity index (χ1v) is 6.48. The maximum absolute atomic E-state index is 10.4. The van der Waals surface area contributed by atoms with Gasteiger partial charge in [-0.05, 0) is 58.8 Å². The van der Waals surface area contributed by atoms with Crippen molar-refractivity contribution in [3.05, 3.63) is 34.3 Å². The molecule has 0 radical (unpaired) electrons. The molecule has 0 saturated heterocycles. The Bertz CT molecular complexity index is 489. The summed E-state index contributed by atoms with van der Waals surface area (Å²) in [5.74, 6) is -0.976. The van der Waals surface area contributed by atoms with Crippen LogP contribution in [0.2, 0.25) is 0 Å². The van der Waals surface area contributed by atoms with Crippen molar-refractivity contribution in [1.29, 1.82) is 0 Å². The van der Waals surface area contributed by atoms with Crippen molar-refractivity contribution in [2.45, 2.75) is 6.92 Å². The number of carboxylic acid groups (broad SMARTS) is 1. The van der Waals surface area contributed by atoms with Crippen LogP contribution in [0.15, 0.2) is 28.7 Å². The Morgan fingerprint density at radius 2 is 2.28 bits per heavy atom. The molecule has 6 heteroatoms. The first-order valence-electron chi connectivity index (χ1n) is 5.28. The molecule has 96 valence electrons. The first-order chi connectivity index (χ1) is 8.52. The van der Waals surface area contributed by atoms with Crippen molar-refractivity contribution < 1.29 is 9.90 Å². The van der Waals surface area contributed by atoms with Crippen LogP contribution >= 0.6 is 28.1 Å². The van der Waals surface area contributed by atoms with E-state index in [0.717, 1.165) is 28.3 Å². The lowest BCUT2D eigenvalue weighted by atomic mass is 10.2. The average molecular weight is 329 g/mol. The summed E-state index contributed by atoms with van der Waals surface area (Å²) in [6.07, 6.45) is 2.62. The summed E-state index contributed by atoms with van der Waals surface area (Å²) in [6.45, 7) is 2.69. The molecular weight excluding hydrogens is 316 g/mol. The highest BCUT2D eigenvalue weighted by Gasteiger charge is 2.02. The van der Waals surface area contributed by atoms with Gasteiger partial charge in [0.15, 0.2) is 5.11 Å². The minimum Gasteiger partial charge on any atom is -0.478 e. The third-order valence-electron chi connectivity index (χ3n) is 1.99. The topological polar surface area (TPSA) is 61.4 Å². The molecule has 18 heavy (non-hydrogen) atoms. The third-order valence-corrected chi connectivity index (χ3v) is 2.93.